The van der Waals surface area contributed by atoms with Crippen molar-refractivity contribution in [1.82, 2.24) is 15.3 Å². The van der Waals surface area contributed by atoms with E-state index in [2.05, 4.69) is 48.8 Å². The molecule has 1 unspecified atom stereocenters. The van der Waals surface area contributed by atoms with Gasteiger partial charge in [0.25, 0.3) is 0 Å². The van der Waals surface area contributed by atoms with Crippen LogP contribution >= 0.6 is 22.7 Å². The molecule has 0 saturated heterocycles. The van der Waals surface area contributed by atoms with Crippen LogP contribution in [0, 0.1) is 6.92 Å². The van der Waals surface area contributed by atoms with E-state index in [0.717, 1.165) is 29.4 Å². The second-order valence-electron chi connectivity index (χ2n) is 6.04. The van der Waals surface area contributed by atoms with Crippen molar-refractivity contribution in [2.75, 3.05) is 6.54 Å². The van der Waals surface area contributed by atoms with Gasteiger partial charge in [0.1, 0.15) is 11.0 Å². The Morgan fingerprint density at radius 1 is 1.20 bits per heavy atom. The smallest absolute Gasteiger partial charge is 0.116 e. The summed E-state index contributed by atoms with van der Waals surface area (Å²) >= 11 is 3.46. The number of rotatable bonds is 5. The Morgan fingerprint density at radius 3 is 2.45 bits per heavy atom. The first-order valence-corrected chi connectivity index (χ1v) is 8.79. The highest BCUT2D eigenvalue weighted by Crippen LogP contribution is 2.31. The Morgan fingerprint density at radius 2 is 1.95 bits per heavy atom. The Bertz CT molecular complexity index is 551. The fourth-order valence-electron chi connectivity index (χ4n) is 1.88. The molecule has 0 aliphatic carbocycles. The molecule has 1 atom stereocenters. The number of aromatic nitrogens is 2. The molecule has 0 fully saturated rings. The zero-order chi connectivity index (χ0) is 14.8. The summed E-state index contributed by atoms with van der Waals surface area (Å²) in [7, 11) is 0. The molecule has 3 nitrogen and oxygen atoms in total. The van der Waals surface area contributed by atoms with E-state index in [0.29, 0.717) is 0 Å². The van der Waals surface area contributed by atoms with E-state index < -0.39 is 0 Å². The van der Waals surface area contributed by atoms with E-state index >= 15 is 0 Å². The molecular formula is C15H23N3S2. The van der Waals surface area contributed by atoms with Crippen molar-refractivity contribution < 1.29 is 0 Å². The van der Waals surface area contributed by atoms with Crippen molar-refractivity contribution in [2.45, 2.75) is 52.5 Å². The molecule has 2 aromatic rings. The average Bonchev–Trinajstić information content (AvgIpc) is 2.99. The lowest BCUT2D eigenvalue weighted by molar-refractivity contribution is 0.561. The highest BCUT2D eigenvalue weighted by molar-refractivity contribution is 7.10. The normalized spacial score (nSPS) is 13.7. The predicted octanol–water partition coefficient (Wildman–Crippen LogP) is 4.29. The summed E-state index contributed by atoms with van der Waals surface area (Å²) in [5, 5.41) is 10.1. The third-order valence-electron chi connectivity index (χ3n) is 2.94. The second-order valence-corrected chi connectivity index (χ2v) is 7.79. The molecule has 1 N–H and O–H groups in total. The molecule has 0 aliphatic heterocycles. The third kappa shape index (κ3) is 3.65. The summed E-state index contributed by atoms with van der Waals surface area (Å²) in [6, 6.07) is 0.126. The predicted molar refractivity (Wildman–Crippen MR) is 87.8 cm³/mol. The largest absolute Gasteiger partial charge is 0.303 e. The number of hydrogen-bond donors (Lipinski definition) is 1. The van der Waals surface area contributed by atoms with E-state index in [1.807, 2.05) is 6.92 Å². The van der Waals surface area contributed by atoms with Gasteiger partial charge in [0.2, 0.25) is 0 Å². The molecule has 5 heteroatoms. The van der Waals surface area contributed by atoms with Crippen LogP contribution in [0.5, 0.6) is 0 Å². The fourth-order valence-corrected chi connectivity index (χ4v) is 3.69. The van der Waals surface area contributed by atoms with E-state index in [4.69, 9.17) is 4.98 Å². The van der Waals surface area contributed by atoms with Gasteiger partial charge in [-0.3, -0.25) is 0 Å². The zero-order valence-electron chi connectivity index (χ0n) is 12.9. The molecule has 0 aromatic carbocycles. The minimum absolute atomic E-state index is 0.108. The van der Waals surface area contributed by atoms with Gasteiger partial charge in [0.05, 0.1) is 10.7 Å². The van der Waals surface area contributed by atoms with Crippen molar-refractivity contribution in [3.05, 3.63) is 32.2 Å². The number of nitrogens with one attached hydrogen (secondary N) is 1. The summed E-state index contributed by atoms with van der Waals surface area (Å²) < 4.78 is 0. The molecule has 0 bridgehead atoms. The van der Waals surface area contributed by atoms with Gasteiger partial charge < -0.3 is 5.32 Å². The van der Waals surface area contributed by atoms with Gasteiger partial charge in [-0.2, -0.15) is 0 Å². The zero-order valence-corrected chi connectivity index (χ0v) is 14.5. The highest BCUT2D eigenvalue weighted by atomic mass is 32.1. The van der Waals surface area contributed by atoms with E-state index in [-0.39, 0.29) is 11.5 Å². The van der Waals surface area contributed by atoms with Crippen LogP contribution < -0.4 is 5.32 Å². The summed E-state index contributed by atoms with van der Waals surface area (Å²) in [6.07, 6.45) is 1.11. The van der Waals surface area contributed by atoms with Crippen LogP contribution in [0.3, 0.4) is 0 Å². The van der Waals surface area contributed by atoms with Gasteiger partial charge in [-0.1, -0.05) is 27.7 Å². The first kappa shape index (κ1) is 15.6. The second kappa shape index (κ2) is 6.33. The number of nitrogens with zero attached hydrogens (tertiary/aromatic N) is 2. The van der Waals surface area contributed by atoms with Crippen LogP contribution in [-0.2, 0) is 5.41 Å². The lowest BCUT2D eigenvalue weighted by Gasteiger charge is -2.16. The Hall–Kier alpha value is -0.780. The molecular weight excluding hydrogens is 286 g/mol. The molecule has 0 radical (unpaired) electrons. The van der Waals surface area contributed by atoms with Crippen LogP contribution in [0.1, 0.15) is 61.6 Å². The summed E-state index contributed by atoms with van der Waals surface area (Å²) in [4.78, 5) is 9.48. The average molecular weight is 310 g/mol. The maximum atomic E-state index is 4.84. The minimum atomic E-state index is 0.108. The standard InChI is InChI=1S/C15H23N3S2/c1-6-7-16-12(13-17-10(2)8-19-13)11-9-20-14(18-11)15(3,4)5/h8-9,12,16H,6-7H2,1-5H3. The van der Waals surface area contributed by atoms with Gasteiger partial charge in [0.15, 0.2) is 0 Å². The summed E-state index contributed by atoms with van der Waals surface area (Å²) in [5.41, 5.74) is 2.29. The van der Waals surface area contributed by atoms with Gasteiger partial charge >= 0.3 is 0 Å². The van der Waals surface area contributed by atoms with E-state index in [1.54, 1.807) is 22.7 Å². The maximum absolute atomic E-state index is 4.84. The lowest BCUT2D eigenvalue weighted by Crippen LogP contribution is -2.24. The summed E-state index contributed by atoms with van der Waals surface area (Å²) in [6.45, 7) is 11.8. The van der Waals surface area contributed by atoms with E-state index in [1.165, 1.54) is 5.01 Å². The van der Waals surface area contributed by atoms with Gasteiger partial charge in [-0.15, -0.1) is 22.7 Å². The molecule has 110 valence electrons. The van der Waals surface area contributed by atoms with Crippen molar-refractivity contribution >= 4 is 22.7 Å². The van der Waals surface area contributed by atoms with E-state index in [9.17, 15) is 0 Å². The van der Waals surface area contributed by atoms with Crippen LogP contribution in [0.15, 0.2) is 10.8 Å². The van der Waals surface area contributed by atoms with Crippen LogP contribution in [0.4, 0.5) is 0 Å². The van der Waals surface area contributed by atoms with Gasteiger partial charge in [-0.25, -0.2) is 9.97 Å². The van der Waals surface area contributed by atoms with Crippen molar-refractivity contribution in [3.8, 4) is 0 Å². The van der Waals surface area contributed by atoms with Gasteiger partial charge in [-0.05, 0) is 19.9 Å². The molecule has 2 aromatic heterocycles. The van der Waals surface area contributed by atoms with Crippen molar-refractivity contribution in [3.63, 3.8) is 0 Å². The Kier molecular flexibility index (Phi) is 4.94. The molecule has 0 spiro atoms. The molecule has 0 saturated carbocycles. The number of thiazole rings is 2. The number of hydrogen-bond acceptors (Lipinski definition) is 5. The van der Waals surface area contributed by atoms with Crippen LogP contribution in [0.2, 0.25) is 0 Å². The molecule has 20 heavy (non-hydrogen) atoms. The SMILES string of the molecule is CCCNC(c1csc(C(C)(C)C)n1)c1nc(C)cs1. The first-order chi connectivity index (χ1) is 9.41. The first-order valence-electron chi connectivity index (χ1n) is 7.03. The topological polar surface area (TPSA) is 37.8 Å². The lowest BCUT2D eigenvalue weighted by atomic mass is 9.98. The monoisotopic (exact) mass is 309 g/mol. The summed E-state index contributed by atoms with van der Waals surface area (Å²) in [5.74, 6) is 0. The van der Waals surface area contributed by atoms with Crippen molar-refractivity contribution in [2.24, 2.45) is 0 Å². The van der Waals surface area contributed by atoms with Crippen LogP contribution in [0.25, 0.3) is 0 Å². The molecule has 2 heterocycles. The van der Waals surface area contributed by atoms with Gasteiger partial charge in [0, 0.05) is 21.9 Å². The minimum Gasteiger partial charge on any atom is -0.303 e. The maximum Gasteiger partial charge on any atom is 0.116 e. The third-order valence-corrected chi connectivity index (χ3v) is 5.26. The Balaban J connectivity index is 2.29. The van der Waals surface area contributed by atoms with Crippen molar-refractivity contribution in [1.29, 1.82) is 0 Å². The molecule has 0 amide bonds. The highest BCUT2D eigenvalue weighted by Gasteiger charge is 2.23. The number of aryl methyl sites for hydroxylation is 1. The molecule has 0 aliphatic rings. The quantitative estimate of drug-likeness (QED) is 0.895. The van der Waals surface area contributed by atoms with Crippen LogP contribution in [-0.4, -0.2) is 16.5 Å². The fraction of sp³-hybridized carbons (Fsp3) is 0.600. The molecule has 2 rings (SSSR count). The Labute approximate surface area is 129 Å².